The van der Waals surface area contributed by atoms with Crippen LogP contribution in [-0.2, 0) is 0 Å². The van der Waals surface area contributed by atoms with Crippen LogP contribution in [0.25, 0.3) is 0 Å². The third-order valence-electron chi connectivity index (χ3n) is 3.29. The van der Waals surface area contributed by atoms with Crippen LogP contribution in [0.4, 0.5) is 20.6 Å². The van der Waals surface area contributed by atoms with Gasteiger partial charge in [0.15, 0.2) is 0 Å². The summed E-state index contributed by atoms with van der Waals surface area (Å²) in [5.74, 6) is -0.171. The molecule has 2 rings (SSSR count). The summed E-state index contributed by atoms with van der Waals surface area (Å²) in [6.45, 7) is 6.06. The zero-order chi connectivity index (χ0) is 15.4. The summed E-state index contributed by atoms with van der Waals surface area (Å²) in [6, 6.07) is 11.5. The molecule has 0 saturated carbocycles. The van der Waals surface area contributed by atoms with Crippen LogP contribution < -0.4 is 10.6 Å². The number of benzene rings is 2. The van der Waals surface area contributed by atoms with E-state index in [1.807, 2.05) is 25.1 Å². The molecular weight excluding hydrogens is 267 g/mol. The lowest BCUT2D eigenvalue weighted by molar-refractivity contribution is 0.262. The molecular formula is C17H19FN2O. The van der Waals surface area contributed by atoms with Crippen molar-refractivity contribution in [3.05, 3.63) is 59.4 Å². The maximum absolute atomic E-state index is 13.5. The Labute approximate surface area is 124 Å². The van der Waals surface area contributed by atoms with Crippen molar-refractivity contribution >= 4 is 17.4 Å². The fraction of sp³-hybridized carbons (Fsp3) is 0.235. The van der Waals surface area contributed by atoms with Crippen molar-refractivity contribution < 1.29 is 9.18 Å². The number of aryl methyl sites for hydroxylation is 1. The molecule has 110 valence electrons. The number of rotatable bonds is 3. The first-order valence-corrected chi connectivity index (χ1v) is 6.91. The number of anilines is 2. The van der Waals surface area contributed by atoms with E-state index in [0.717, 1.165) is 16.8 Å². The Kier molecular flexibility index (Phi) is 4.58. The highest BCUT2D eigenvalue weighted by Crippen LogP contribution is 2.27. The van der Waals surface area contributed by atoms with Gasteiger partial charge in [-0.1, -0.05) is 44.2 Å². The standard InChI is InChI=1S/C17H19FN2O/c1-11(2)13-8-6-7-12(3)16(13)20-17(21)19-15-10-5-4-9-14(15)18/h4-11H,1-3H3,(H2,19,20,21). The number of hydrogen-bond acceptors (Lipinski definition) is 1. The van der Waals surface area contributed by atoms with E-state index in [9.17, 15) is 9.18 Å². The number of para-hydroxylation sites is 2. The van der Waals surface area contributed by atoms with Gasteiger partial charge in [0.25, 0.3) is 0 Å². The van der Waals surface area contributed by atoms with Gasteiger partial charge in [-0.05, 0) is 36.1 Å². The maximum Gasteiger partial charge on any atom is 0.323 e. The predicted molar refractivity (Wildman–Crippen MR) is 84.3 cm³/mol. The van der Waals surface area contributed by atoms with Gasteiger partial charge in [-0.25, -0.2) is 9.18 Å². The highest BCUT2D eigenvalue weighted by molar-refractivity contribution is 6.00. The van der Waals surface area contributed by atoms with Crippen molar-refractivity contribution in [1.82, 2.24) is 0 Å². The van der Waals surface area contributed by atoms with Crippen LogP contribution in [-0.4, -0.2) is 6.03 Å². The molecule has 0 unspecified atom stereocenters. The lowest BCUT2D eigenvalue weighted by Crippen LogP contribution is -2.21. The van der Waals surface area contributed by atoms with Crippen LogP contribution in [0.15, 0.2) is 42.5 Å². The second-order valence-electron chi connectivity index (χ2n) is 5.25. The molecule has 0 saturated heterocycles. The number of nitrogens with one attached hydrogen (secondary N) is 2. The fourth-order valence-corrected chi connectivity index (χ4v) is 2.17. The van der Waals surface area contributed by atoms with Gasteiger partial charge in [-0.3, -0.25) is 0 Å². The maximum atomic E-state index is 13.5. The summed E-state index contributed by atoms with van der Waals surface area (Å²) in [7, 11) is 0. The molecule has 0 aliphatic heterocycles. The Morgan fingerprint density at radius 3 is 2.43 bits per heavy atom. The van der Waals surface area contributed by atoms with E-state index < -0.39 is 11.8 Å². The Morgan fingerprint density at radius 1 is 1.05 bits per heavy atom. The first-order valence-electron chi connectivity index (χ1n) is 6.91. The molecule has 0 bridgehead atoms. The average Bonchev–Trinajstić information content (AvgIpc) is 2.43. The van der Waals surface area contributed by atoms with Crippen molar-refractivity contribution in [3.63, 3.8) is 0 Å². The van der Waals surface area contributed by atoms with E-state index in [-0.39, 0.29) is 11.6 Å². The summed E-state index contributed by atoms with van der Waals surface area (Å²) in [4.78, 5) is 12.1. The molecule has 2 N–H and O–H groups in total. The van der Waals surface area contributed by atoms with Gasteiger partial charge in [0, 0.05) is 5.69 Å². The van der Waals surface area contributed by atoms with Gasteiger partial charge >= 0.3 is 6.03 Å². The van der Waals surface area contributed by atoms with Crippen LogP contribution in [0, 0.1) is 12.7 Å². The molecule has 0 heterocycles. The largest absolute Gasteiger partial charge is 0.323 e. The van der Waals surface area contributed by atoms with Crippen LogP contribution in [0.3, 0.4) is 0 Å². The molecule has 2 aromatic rings. The minimum atomic E-state index is -0.457. The summed E-state index contributed by atoms with van der Waals surface area (Å²) in [5, 5.41) is 5.35. The van der Waals surface area contributed by atoms with Crippen molar-refractivity contribution in [2.45, 2.75) is 26.7 Å². The number of urea groups is 1. The SMILES string of the molecule is Cc1cccc(C(C)C)c1NC(=O)Nc1ccccc1F. The van der Waals surface area contributed by atoms with E-state index in [1.165, 1.54) is 12.1 Å². The molecule has 0 spiro atoms. The van der Waals surface area contributed by atoms with Crippen molar-refractivity contribution in [3.8, 4) is 0 Å². The molecule has 0 fully saturated rings. The molecule has 0 aliphatic rings. The van der Waals surface area contributed by atoms with Gasteiger partial charge in [0.1, 0.15) is 5.82 Å². The van der Waals surface area contributed by atoms with E-state index in [0.29, 0.717) is 0 Å². The first kappa shape index (κ1) is 15.0. The number of carbonyl (C=O) groups is 1. The molecule has 3 nitrogen and oxygen atoms in total. The van der Waals surface area contributed by atoms with Gasteiger partial charge in [-0.2, -0.15) is 0 Å². The topological polar surface area (TPSA) is 41.1 Å². The molecule has 0 atom stereocenters. The van der Waals surface area contributed by atoms with Crippen molar-refractivity contribution in [1.29, 1.82) is 0 Å². The third kappa shape index (κ3) is 3.60. The van der Waals surface area contributed by atoms with Crippen LogP contribution in [0.5, 0.6) is 0 Å². The summed E-state index contributed by atoms with van der Waals surface area (Å²) in [6.07, 6.45) is 0. The van der Waals surface area contributed by atoms with Crippen molar-refractivity contribution in [2.24, 2.45) is 0 Å². The minimum Gasteiger partial charge on any atom is -0.307 e. The zero-order valence-corrected chi connectivity index (χ0v) is 12.4. The van der Waals surface area contributed by atoms with Gasteiger partial charge in [-0.15, -0.1) is 0 Å². The Hall–Kier alpha value is -2.36. The first-order chi connectivity index (χ1) is 9.99. The van der Waals surface area contributed by atoms with Crippen LogP contribution in [0.2, 0.25) is 0 Å². The average molecular weight is 286 g/mol. The highest BCUT2D eigenvalue weighted by Gasteiger charge is 2.12. The predicted octanol–water partition coefficient (Wildman–Crippen LogP) is 4.90. The number of amides is 2. The Balaban J connectivity index is 2.19. The summed E-state index contributed by atoms with van der Waals surface area (Å²) >= 11 is 0. The van der Waals surface area contributed by atoms with E-state index >= 15 is 0 Å². The molecule has 2 amide bonds. The van der Waals surface area contributed by atoms with Gasteiger partial charge in [0.2, 0.25) is 0 Å². The zero-order valence-electron chi connectivity index (χ0n) is 12.4. The molecule has 4 heteroatoms. The van der Waals surface area contributed by atoms with Crippen LogP contribution in [0.1, 0.15) is 30.9 Å². The second kappa shape index (κ2) is 6.39. The molecule has 2 aromatic carbocycles. The lowest BCUT2D eigenvalue weighted by atomic mass is 9.98. The number of carbonyl (C=O) groups excluding carboxylic acids is 1. The Bertz CT molecular complexity index is 653. The highest BCUT2D eigenvalue weighted by atomic mass is 19.1. The monoisotopic (exact) mass is 286 g/mol. The molecule has 0 aromatic heterocycles. The number of halogens is 1. The molecule has 0 aliphatic carbocycles. The second-order valence-corrected chi connectivity index (χ2v) is 5.25. The minimum absolute atomic E-state index is 0.162. The van der Waals surface area contributed by atoms with E-state index in [4.69, 9.17) is 0 Å². The normalized spacial score (nSPS) is 10.5. The molecule has 0 radical (unpaired) electrons. The fourth-order valence-electron chi connectivity index (χ4n) is 2.17. The molecule has 21 heavy (non-hydrogen) atoms. The van der Waals surface area contributed by atoms with E-state index in [2.05, 4.69) is 24.5 Å². The van der Waals surface area contributed by atoms with Crippen LogP contribution >= 0.6 is 0 Å². The summed E-state index contributed by atoms with van der Waals surface area (Å²) < 4.78 is 13.5. The smallest absolute Gasteiger partial charge is 0.307 e. The van der Waals surface area contributed by atoms with Crippen molar-refractivity contribution in [2.75, 3.05) is 10.6 Å². The van der Waals surface area contributed by atoms with E-state index in [1.54, 1.807) is 12.1 Å². The van der Waals surface area contributed by atoms with Gasteiger partial charge < -0.3 is 10.6 Å². The quantitative estimate of drug-likeness (QED) is 0.827. The van der Waals surface area contributed by atoms with Gasteiger partial charge in [0.05, 0.1) is 5.69 Å². The Morgan fingerprint density at radius 2 is 1.76 bits per heavy atom. The summed E-state index contributed by atoms with van der Waals surface area (Å²) in [5.41, 5.74) is 2.97. The number of hydrogen-bond donors (Lipinski definition) is 2. The lowest BCUT2D eigenvalue weighted by Gasteiger charge is -2.17. The third-order valence-corrected chi connectivity index (χ3v) is 3.29.